The molecule has 1 heterocycles. The number of furan rings is 1. The maximum atomic E-state index is 12.8. The molecule has 1 aromatic carbocycles. The summed E-state index contributed by atoms with van der Waals surface area (Å²) in [6.07, 6.45) is -2.85. The lowest BCUT2D eigenvalue weighted by Crippen LogP contribution is -2.22. The fourth-order valence-corrected chi connectivity index (χ4v) is 2.49. The van der Waals surface area contributed by atoms with Crippen molar-refractivity contribution in [2.24, 2.45) is 0 Å². The number of halogens is 4. The van der Waals surface area contributed by atoms with E-state index in [2.05, 4.69) is 21.2 Å². The quantitative estimate of drug-likeness (QED) is 0.862. The summed E-state index contributed by atoms with van der Waals surface area (Å²) in [5, 5.41) is 3.16. The Labute approximate surface area is 123 Å². The van der Waals surface area contributed by atoms with Crippen LogP contribution in [0.3, 0.4) is 0 Å². The maximum Gasteiger partial charge on any atom is 0.416 e. The fraction of sp³-hybridized carbons (Fsp3) is 0.286. The number of rotatable bonds is 4. The van der Waals surface area contributed by atoms with Crippen LogP contribution in [0.15, 0.2) is 45.7 Å². The first kappa shape index (κ1) is 15.1. The van der Waals surface area contributed by atoms with Crippen LogP contribution in [0, 0.1) is 0 Å². The van der Waals surface area contributed by atoms with E-state index >= 15 is 0 Å². The van der Waals surface area contributed by atoms with Crippen LogP contribution in [0.5, 0.6) is 0 Å². The van der Waals surface area contributed by atoms with E-state index in [1.807, 2.05) is 6.92 Å². The van der Waals surface area contributed by atoms with Crippen molar-refractivity contribution in [2.45, 2.75) is 19.1 Å². The third-order valence-electron chi connectivity index (χ3n) is 2.91. The Balaban J connectivity index is 2.43. The van der Waals surface area contributed by atoms with Crippen LogP contribution in [0.2, 0.25) is 0 Å². The summed E-state index contributed by atoms with van der Waals surface area (Å²) < 4.78 is 44.1. The van der Waals surface area contributed by atoms with Gasteiger partial charge in [-0.15, -0.1) is 0 Å². The smallest absolute Gasteiger partial charge is 0.416 e. The molecule has 6 heteroatoms. The van der Waals surface area contributed by atoms with Gasteiger partial charge in [0, 0.05) is 5.56 Å². The summed E-state index contributed by atoms with van der Waals surface area (Å²) in [6.45, 7) is 2.52. The standard InChI is InChI=1S/C14H13BrF3NO/c1-2-19-12(11-6-7-20-13(11)15)9-4-3-5-10(8-9)14(16,17)18/h3-8,12,19H,2H2,1H3. The minimum absolute atomic E-state index is 0.351. The third kappa shape index (κ3) is 3.24. The summed E-state index contributed by atoms with van der Waals surface area (Å²) in [6, 6.07) is 6.69. The van der Waals surface area contributed by atoms with Gasteiger partial charge in [0.05, 0.1) is 17.9 Å². The third-order valence-corrected chi connectivity index (χ3v) is 3.56. The number of nitrogens with one attached hydrogen (secondary N) is 1. The lowest BCUT2D eigenvalue weighted by molar-refractivity contribution is -0.137. The highest BCUT2D eigenvalue weighted by Gasteiger charge is 2.31. The molecule has 1 aromatic heterocycles. The molecule has 0 aliphatic heterocycles. The largest absolute Gasteiger partial charge is 0.457 e. The molecule has 1 unspecified atom stereocenters. The molecular formula is C14H13BrF3NO. The number of alkyl halides is 3. The van der Waals surface area contributed by atoms with E-state index in [9.17, 15) is 13.2 Å². The van der Waals surface area contributed by atoms with Gasteiger partial charge in [0.2, 0.25) is 0 Å². The average molecular weight is 348 g/mol. The molecule has 0 spiro atoms. The van der Waals surface area contributed by atoms with Gasteiger partial charge in [-0.25, -0.2) is 0 Å². The predicted octanol–water partition coefficient (Wildman–Crippen LogP) is 4.76. The van der Waals surface area contributed by atoms with Gasteiger partial charge in [0.15, 0.2) is 4.67 Å². The summed E-state index contributed by atoms with van der Waals surface area (Å²) in [4.78, 5) is 0. The van der Waals surface area contributed by atoms with Gasteiger partial charge in [0.1, 0.15) is 0 Å². The second kappa shape index (κ2) is 6.01. The van der Waals surface area contributed by atoms with Crippen LogP contribution >= 0.6 is 15.9 Å². The van der Waals surface area contributed by atoms with Gasteiger partial charge in [-0.2, -0.15) is 13.2 Å². The molecule has 1 N–H and O–H groups in total. The highest BCUT2D eigenvalue weighted by atomic mass is 79.9. The Bertz CT molecular complexity index is 580. The van der Waals surface area contributed by atoms with Crippen molar-refractivity contribution in [3.05, 3.63) is 58.0 Å². The molecule has 0 aliphatic rings. The van der Waals surface area contributed by atoms with E-state index in [0.29, 0.717) is 16.8 Å². The summed E-state index contributed by atoms with van der Waals surface area (Å²) in [5.74, 6) is 0. The van der Waals surface area contributed by atoms with Crippen molar-refractivity contribution in [3.8, 4) is 0 Å². The van der Waals surface area contributed by atoms with Gasteiger partial charge in [-0.05, 0) is 46.2 Å². The molecule has 0 fully saturated rings. The van der Waals surface area contributed by atoms with Crippen molar-refractivity contribution < 1.29 is 17.6 Å². The molecule has 0 amide bonds. The Morgan fingerprint density at radius 1 is 1.30 bits per heavy atom. The van der Waals surface area contributed by atoms with Gasteiger partial charge in [0.25, 0.3) is 0 Å². The number of hydrogen-bond donors (Lipinski definition) is 1. The molecule has 20 heavy (non-hydrogen) atoms. The number of hydrogen-bond acceptors (Lipinski definition) is 2. The topological polar surface area (TPSA) is 25.2 Å². The van der Waals surface area contributed by atoms with E-state index in [1.165, 1.54) is 12.3 Å². The van der Waals surface area contributed by atoms with E-state index in [0.717, 1.165) is 17.7 Å². The van der Waals surface area contributed by atoms with Crippen LogP contribution in [0.1, 0.15) is 29.7 Å². The van der Waals surface area contributed by atoms with Gasteiger partial charge in [-0.3, -0.25) is 0 Å². The van der Waals surface area contributed by atoms with E-state index in [4.69, 9.17) is 4.42 Å². The molecule has 108 valence electrons. The summed E-state index contributed by atoms with van der Waals surface area (Å²) in [5.41, 5.74) is 0.660. The van der Waals surface area contributed by atoms with Crippen LogP contribution < -0.4 is 5.32 Å². The van der Waals surface area contributed by atoms with E-state index in [-0.39, 0.29) is 6.04 Å². The lowest BCUT2D eigenvalue weighted by atomic mass is 9.99. The zero-order chi connectivity index (χ0) is 14.8. The van der Waals surface area contributed by atoms with Gasteiger partial charge in [-0.1, -0.05) is 19.1 Å². The molecule has 0 saturated carbocycles. The Morgan fingerprint density at radius 3 is 2.60 bits per heavy atom. The van der Waals surface area contributed by atoms with Crippen LogP contribution in [0.4, 0.5) is 13.2 Å². The zero-order valence-corrected chi connectivity index (χ0v) is 12.3. The first-order chi connectivity index (χ1) is 9.43. The Morgan fingerprint density at radius 2 is 2.05 bits per heavy atom. The maximum absolute atomic E-state index is 12.8. The van der Waals surface area contributed by atoms with Gasteiger partial charge >= 0.3 is 6.18 Å². The highest BCUT2D eigenvalue weighted by Crippen LogP contribution is 2.34. The number of benzene rings is 1. The highest BCUT2D eigenvalue weighted by molar-refractivity contribution is 9.10. The molecule has 2 rings (SSSR count). The van der Waals surface area contributed by atoms with Crippen LogP contribution in [0.25, 0.3) is 0 Å². The van der Waals surface area contributed by atoms with Crippen molar-refractivity contribution >= 4 is 15.9 Å². The molecule has 0 saturated heterocycles. The second-order valence-corrected chi connectivity index (χ2v) is 4.98. The summed E-state index contributed by atoms with van der Waals surface area (Å²) in [7, 11) is 0. The monoisotopic (exact) mass is 347 g/mol. The molecule has 0 aliphatic carbocycles. The Hall–Kier alpha value is -1.27. The van der Waals surface area contributed by atoms with Crippen LogP contribution in [-0.4, -0.2) is 6.54 Å². The SMILES string of the molecule is CCNC(c1cccc(C(F)(F)F)c1)c1ccoc1Br. The fourth-order valence-electron chi connectivity index (χ4n) is 2.02. The molecule has 0 radical (unpaired) electrons. The first-order valence-electron chi connectivity index (χ1n) is 6.07. The lowest BCUT2D eigenvalue weighted by Gasteiger charge is -2.19. The minimum Gasteiger partial charge on any atom is -0.457 e. The second-order valence-electron chi connectivity index (χ2n) is 4.26. The van der Waals surface area contributed by atoms with E-state index in [1.54, 1.807) is 12.1 Å². The molecule has 2 aromatic rings. The first-order valence-corrected chi connectivity index (χ1v) is 6.86. The molecule has 2 nitrogen and oxygen atoms in total. The van der Waals surface area contributed by atoms with Crippen molar-refractivity contribution in [2.75, 3.05) is 6.54 Å². The van der Waals surface area contributed by atoms with Crippen molar-refractivity contribution in [1.29, 1.82) is 0 Å². The minimum atomic E-state index is -4.35. The molecule has 1 atom stereocenters. The normalized spacial score (nSPS) is 13.4. The van der Waals surface area contributed by atoms with Crippen LogP contribution in [-0.2, 0) is 6.18 Å². The molecule has 0 bridgehead atoms. The van der Waals surface area contributed by atoms with E-state index < -0.39 is 11.7 Å². The van der Waals surface area contributed by atoms with Crippen molar-refractivity contribution in [3.63, 3.8) is 0 Å². The Kier molecular flexibility index (Phi) is 4.55. The van der Waals surface area contributed by atoms with Gasteiger partial charge < -0.3 is 9.73 Å². The predicted molar refractivity (Wildman–Crippen MR) is 73.4 cm³/mol. The average Bonchev–Trinajstić information content (AvgIpc) is 2.81. The van der Waals surface area contributed by atoms with Crippen molar-refractivity contribution in [1.82, 2.24) is 5.32 Å². The summed E-state index contributed by atoms with van der Waals surface area (Å²) >= 11 is 3.26. The molecular weight excluding hydrogens is 335 g/mol. The zero-order valence-electron chi connectivity index (χ0n) is 10.7.